The highest BCUT2D eigenvalue weighted by Gasteiger charge is 2.18. The number of ether oxygens (including phenoxy) is 1. The van der Waals surface area contributed by atoms with Gasteiger partial charge in [0.2, 0.25) is 0 Å². The number of nitrogens with zero attached hydrogens (tertiary/aromatic N) is 4. The summed E-state index contributed by atoms with van der Waals surface area (Å²) >= 11 is 0. The van der Waals surface area contributed by atoms with Crippen LogP contribution in [0.2, 0.25) is 0 Å². The molecule has 164 valence electrons. The fraction of sp³-hybridized carbons (Fsp3) is 0.571. The van der Waals surface area contributed by atoms with Crippen molar-refractivity contribution in [2.75, 3.05) is 18.9 Å². The van der Waals surface area contributed by atoms with Crippen molar-refractivity contribution < 1.29 is 9.26 Å². The van der Waals surface area contributed by atoms with Crippen LogP contribution in [0.25, 0.3) is 5.70 Å². The maximum atomic E-state index is 6.41. The topological polar surface area (TPSA) is 128 Å². The lowest BCUT2D eigenvalue weighted by atomic mass is 9.98. The van der Waals surface area contributed by atoms with Gasteiger partial charge in [-0.15, -0.1) is 0 Å². The summed E-state index contributed by atoms with van der Waals surface area (Å²) in [5.41, 5.74) is 9.00. The van der Waals surface area contributed by atoms with Crippen molar-refractivity contribution in [1.29, 1.82) is 0 Å². The molecule has 0 aliphatic heterocycles. The Hall–Kier alpha value is -2.81. The Morgan fingerprint density at radius 2 is 2.00 bits per heavy atom. The van der Waals surface area contributed by atoms with Crippen LogP contribution in [-0.2, 0) is 0 Å². The summed E-state index contributed by atoms with van der Waals surface area (Å²) in [5.74, 6) is 7.66. The molecule has 9 heteroatoms. The Labute approximate surface area is 177 Å². The Balaban J connectivity index is 1.73. The molecule has 2 aromatic rings. The van der Waals surface area contributed by atoms with E-state index in [2.05, 4.69) is 20.4 Å². The Morgan fingerprint density at radius 3 is 2.60 bits per heavy atom. The predicted octanol–water partition coefficient (Wildman–Crippen LogP) is 3.15. The van der Waals surface area contributed by atoms with Crippen molar-refractivity contribution >= 4 is 11.7 Å². The van der Waals surface area contributed by atoms with E-state index >= 15 is 0 Å². The zero-order chi connectivity index (χ0) is 21.7. The quantitative estimate of drug-likeness (QED) is 0.440. The largest absolute Gasteiger partial charge is 0.489 e. The lowest BCUT2D eigenvalue weighted by molar-refractivity contribution is 0.153. The lowest BCUT2D eigenvalue weighted by Gasteiger charge is -2.24. The molecule has 0 amide bonds. The van der Waals surface area contributed by atoms with Gasteiger partial charge in [-0.2, -0.15) is 4.98 Å². The zero-order valence-electron chi connectivity index (χ0n) is 18.3. The molecule has 0 bridgehead atoms. The predicted molar refractivity (Wildman–Crippen MR) is 116 cm³/mol. The first kappa shape index (κ1) is 21.9. The molecular formula is C21H33N7O2. The summed E-state index contributed by atoms with van der Waals surface area (Å²) < 4.78 is 11.4. The number of aromatic nitrogens is 3. The van der Waals surface area contributed by atoms with E-state index < -0.39 is 0 Å². The van der Waals surface area contributed by atoms with Gasteiger partial charge in [0.1, 0.15) is 5.75 Å². The van der Waals surface area contributed by atoms with Gasteiger partial charge in [0.05, 0.1) is 35.4 Å². The molecule has 9 nitrogen and oxygen atoms in total. The van der Waals surface area contributed by atoms with E-state index in [1.54, 1.807) is 7.05 Å². The molecule has 0 atom stereocenters. The summed E-state index contributed by atoms with van der Waals surface area (Å²) in [6.45, 7) is 6.26. The minimum atomic E-state index is 0.183. The monoisotopic (exact) mass is 415 g/mol. The van der Waals surface area contributed by atoms with Gasteiger partial charge in [0, 0.05) is 13.0 Å². The minimum Gasteiger partial charge on any atom is -0.489 e. The van der Waals surface area contributed by atoms with E-state index in [-0.39, 0.29) is 12.0 Å². The van der Waals surface area contributed by atoms with E-state index in [1.165, 1.54) is 24.3 Å². The normalized spacial score (nSPS) is 15.8. The molecule has 1 aliphatic rings. The second-order valence-electron chi connectivity index (χ2n) is 8.10. The summed E-state index contributed by atoms with van der Waals surface area (Å²) in [5, 5.41) is 8.49. The summed E-state index contributed by atoms with van der Waals surface area (Å²) in [4.78, 5) is 8.97. The van der Waals surface area contributed by atoms with E-state index in [1.807, 2.05) is 32.9 Å². The van der Waals surface area contributed by atoms with Crippen LogP contribution in [0.3, 0.4) is 0 Å². The second-order valence-corrected chi connectivity index (χ2v) is 8.10. The average molecular weight is 416 g/mol. The van der Waals surface area contributed by atoms with E-state index in [4.69, 9.17) is 20.8 Å². The first-order valence-corrected chi connectivity index (χ1v) is 10.5. The maximum absolute atomic E-state index is 6.41. The summed E-state index contributed by atoms with van der Waals surface area (Å²) in [6.07, 6.45) is 6.23. The third kappa shape index (κ3) is 5.41. The minimum absolute atomic E-state index is 0.183. The van der Waals surface area contributed by atoms with Gasteiger partial charge in [-0.05, 0) is 44.7 Å². The van der Waals surface area contributed by atoms with Gasteiger partial charge >= 0.3 is 6.01 Å². The SMILES string of the molecule is Cc1nc(/C(N)=C(\CNc2nc(C(C)C)no2)N(C)N)ccc1OC1CCCCC1. The van der Waals surface area contributed by atoms with Crippen LogP contribution in [0.15, 0.2) is 22.4 Å². The lowest BCUT2D eigenvalue weighted by Crippen LogP contribution is -2.32. The molecule has 2 aromatic heterocycles. The first-order chi connectivity index (χ1) is 14.3. The van der Waals surface area contributed by atoms with Crippen LogP contribution in [-0.4, -0.2) is 39.8 Å². The molecule has 1 aliphatic carbocycles. The van der Waals surface area contributed by atoms with Crippen molar-refractivity contribution in [1.82, 2.24) is 20.1 Å². The second kappa shape index (κ2) is 9.80. The first-order valence-electron chi connectivity index (χ1n) is 10.5. The third-order valence-electron chi connectivity index (χ3n) is 5.26. The highest BCUT2D eigenvalue weighted by atomic mass is 16.5. The summed E-state index contributed by atoms with van der Waals surface area (Å²) in [6, 6.07) is 4.13. The number of aryl methyl sites for hydroxylation is 1. The van der Waals surface area contributed by atoms with Gasteiger partial charge in [0.25, 0.3) is 0 Å². The fourth-order valence-electron chi connectivity index (χ4n) is 3.44. The smallest absolute Gasteiger partial charge is 0.321 e. The number of hydrogen-bond donors (Lipinski definition) is 3. The van der Waals surface area contributed by atoms with Crippen LogP contribution in [0.1, 0.15) is 69.1 Å². The Bertz CT molecular complexity index is 870. The molecule has 0 aromatic carbocycles. The Morgan fingerprint density at radius 1 is 1.27 bits per heavy atom. The fourth-order valence-corrected chi connectivity index (χ4v) is 3.44. The molecule has 1 fully saturated rings. The van der Waals surface area contributed by atoms with Crippen molar-refractivity contribution in [3.8, 4) is 5.75 Å². The van der Waals surface area contributed by atoms with E-state index in [0.29, 0.717) is 35.5 Å². The molecular weight excluding hydrogens is 382 g/mol. The molecule has 0 unspecified atom stereocenters. The molecule has 5 N–H and O–H groups in total. The third-order valence-corrected chi connectivity index (χ3v) is 5.26. The number of pyridine rings is 1. The molecule has 3 rings (SSSR count). The average Bonchev–Trinajstić information content (AvgIpc) is 3.19. The van der Waals surface area contributed by atoms with E-state index in [9.17, 15) is 0 Å². The summed E-state index contributed by atoms with van der Waals surface area (Å²) in [7, 11) is 1.73. The van der Waals surface area contributed by atoms with E-state index in [0.717, 1.165) is 24.3 Å². The molecule has 1 saturated carbocycles. The van der Waals surface area contributed by atoms with Gasteiger partial charge in [-0.3, -0.25) is 0 Å². The number of rotatable bonds is 8. The molecule has 0 spiro atoms. The van der Waals surface area contributed by atoms with Crippen molar-refractivity contribution in [3.63, 3.8) is 0 Å². The zero-order valence-corrected chi connectivity index (χ0v) is 18.3. The van der Waals surface area contributed by atoms with Crippen LogP contribution in [0.4, 0.5) is 6.01 Å². The van der Waals surface area contributed by atoms with Crippen LogP contribution in [0.5, 0.6) is 5.75 Å². The van der Waals surface area contributed by atoms with Crippen molar-refractivity contribution in [2.45, 2.75) is 64.9 Å². The number of hydrogen-bond acceptors (Lipinski definition) is 9. The van der Waals surface area contributed by atoms with Crippen molar-refractivity contribution in [2.24, 2.45) is 11.6 Å². The van der Waals surface area contributed by atoms with Gasteiger partial charge in [0.15, 0.2) is 5.82 Å². The standard InChI is InChI=1S/C21H33N7O2/c1-13(2)20-26-21(30-27-20)24-12-17(28(4)23)19(22)16-10-11-18(14(3)25-16)29-15-8-6-5-7-9-15/h10-11,13,15H,5-9,12,22-23H2,1-4H3,(H,24,26,27)/b19-17-. The number of hydrazine groups is 1. The van der Waals surface area contributed by atoms with Gasteiger partial charge in [-0.1, -0.05) is 25.4 Å². The van der Waals surface area contributed by atoms with Crippen LogP contribution >= 0.6 is 0 Å². The van der Waals surface area contributed by atoms with Crippen molar-refractivity contribution in [3.05, 3.63) is 35.0 Å². The number of nitrogens with one attached hydrogen (secondary N) is 1. The number of nitrogens with two attached hydrogens (primary N) is 2. The van der Waals surface area contributed by atoms with Crippen LogP contribution < -0.4 is 21.6 Å². The number of anilines is 1. The van der Waals surface area contributed by atoms with Gasteiger partial charge in [-0.25, -0.2) is 10.8 Å². The van der Waals surface area contributed by atoms with Crippen LogP contribution in [0, 0.1) is 6.92 Å². The highest BCUT2D eigenvalue weighted by molar-refractivity contribution is 5.64. The molecule has 0 radical (unpaired) electrons. The number of likely N-dealkylation sites (N-methyl/N-ethyl adjacent to an activating group) is 1. The molecule has 0 saturated heterocycles. The highest BCUT2D eigenvalue weighted by Crippen LogP contribution is 2.26. The van der Waals surface area contributed by atoms with Gasteiger partial charge < -0.3 is 25.3 Å². The molecule has 30 heavy (non-hydrogen) atoms. The Kier molecular flexibility index (Phi) is 7.15. The molecule has 2 heterocycles. The maximum Gasteiger partial charge on any atom is 0.321 e.